The number of anilines is 3. The standard InChI is InChI=1S/C40H36N2/c1-40(2,3)31-21-27-34(28-22-31)41(32-11-5-4-6-12-32)33-23-17-29(18-24-33)30-19-25-35(26-20-30)42-38-15-9-7-13-36(38)37-14-8-10-16-39(37)42/h4-7,9-13,15-28H,8,14H2,1-3H3. The molecular weight excluding hydrogens is 508 g/mol. The van der Waals surface area contributed by atoms with Crippen LogP contribution in [-0.4, -0.2) is 4.57 Å². The SMILES string of the molecule is CC(C)(C)c1ccc(N(c2ccccc2)c2ccc(-c3ccc(-n4c5c(c6ccccc64)CCC=C5)cc3)cc2)cc1. The van der Waals surface area contributed by atoms with Gasteiger partial charge in [0.25, 0.3) is 0 Å². The van der Waals surface area contributed by atoms with E-state index in [-0.39, 0.29) is 5.41 Å². The number of aryl methyl sites for hydroxylation is 1. The lowest BCUT2D eigenvalue weighted by Crippen LogP contribution is -2.13. The molecular formula is C40H36N2. The molecule has 2 heteroatoms. The van der Waals surface area contributed by atoms with Gasteiger partial charge in [0.15, 0.2) is 0 Å². The van der Waals surface area contributed by atoms with Gasteiger partial charge in [0.1, 0.15) is 0 Å². The van der Waals surface area contributed by atoms with Crippen molar-refractivity contribution in [3.8, 4) is 16.8 Å². The normalized spacial score (nSPS) is 12.8. The van der Waals surface area contributed by atoms with Crippen LogP contribution >= 0.6 is 0 Å². The molecule has 1 aliphatic rings. The topological polar surface area (TPSA) is 8.17 Å². The summed E-state index contributed by atoms with van der Waals surface area (Å²) in [4.78, 5) is 2.33. The Labute approximate surface area is 249 Å². The first-order valence-corrected chi connectivity index (χ1v) is 14.9. The third-order valence-corrected chi connectivity index (χ3v) is 8.45. The third kappa shape index (κ3) is 4.73. The van der Waals surface area contributed by atoms with Crippen LogP contribution in [0.5, 0.6) is 0 Å². The lowest BCUT2D eigenvalue weighted by Gasteiger charge is -2.27. The van der Waals surface area contributed by atoms with Gasteiger partial charge in [-0.2, -0.15) is 0 Å². The van der Waals surface area contributed by atoms with Gasteiger partial charge in [0.2, 0.25) is 0 Å². The lowest BCUT2D eigenvalue weighted by atomic mass is 9.87. The number of para-hydroxylation sites is 2. The second-order valence-electron chi connectivity index (χ2n) is 12.2. The zero-order valence-corrected chi connectivity index (χ0v) is 24.6. The molecule has 0 fully saturated rings. The second-order valence-corrected chi connectivity index (χ2v) is 12.2. The van der Waals surface area contributed by atoms with Crippen molar-refractivity contribution in [2.45, 2.75) is 39.0 Å². The Bertz CT molecular complexity index is 1870. The Morgan fingerprint density at radius 3 is 1.83 bits per heavy atom. The van der Waals surface area contributed by atoms with E-state index in [0.29, 0.717) is 0 Å². The highest BCUT2D eigenvalue weighted by Gasteiger charge is 2.19. The van der Waals surface area contributed by atoms with Gasteiger partial charge in [-0.3, -0.25) is 0 Å². The van der Waals surface area contributed by atoms with Crippen LogP contribution < -0.4 is 4.90 Å². The van der Waals surface area contributed by atoms with Gasteiger partial charge in [-0.15, -0.1) is 0 Å². The number of aromatic nitrogens is 1. The summed E-state index contributed by atoms with van der Waals surface area (Å²) in [5.41, 5.74) is 12.6. The molecule has 0 N–H and O–H groups in total. The number of fused-ring (bicyclic) bond motifs is 3. The van der Waals surface area contributed by atoms with Gasteiger partial charge in [-0.25, -0.2) is 0 Å². The number of hydrogen-bond acceptors (Lipinski definition) is 1. The van der Waals surface area contributed by atoms with Gasteiger partial charge in [-0.1, -0.05) is 99.6 Å². The van der Waals surface area contributed by atoms with Crippen LogP contribution in [-0.2, 0) is 11.8 Å². The molecule has 2 nitrogen and oxygen atoms in total. The van der Waals surface area contributed by atoms with Crippen LogP contribution in [0.25, 0.3) is 33.8 Å². The monoisotopic (exact) mass is 544 g/mol. The molecule has 0 aliphatic heterocycles. The highest BCUT2D eigenvalue weighted by atomic mass is 15.1. The molecule has 6 aromatic rings. The van der Waals surface area contributed by atoms with Gasteiger partial charge >= 0.3 is 0 Å². The lowest BCUT2D eigenvalue weighted by molar-refractivity contribution is 0.590. The summed E-state index contributed by atoms with van der Waals surface area (Å²) in [6.07, 6.45) is 6.80. The van der Waals surface area contributed by atoms with Crippen molar-refractivity contribution in [3.05, 3.63) is 150 Å². The molecule has 5 aromatic carbocycles. The van der Waals surface area contributed by atoms with Crippen molar-refractivity contribution in [2.75, 3.05) is 4.90 Å². The number of allylic oxidation sites excluding steroid dienone is 1. The van der Waals surface area contributed by atoms with Crippen molar-refractivity contribution in [2.24, 2.45) is 0 Å². The Morgan fingerprint density at radius 1 is 0.595 bits per heavy atom. The quantitative estimate of drug-likeness (QED) is 0.209. The van der Waals surface area contributed by atoms with Crippen molar-refractivity contribution >= 4 is 34.0 Å². The minimum atomic E-state index is 0.123. The molecule has 7 rings (SSSR count). The average molecular weight is 545 g/mol. The van der Waals surface area contributed by atoms with Crippen LogP contribution in [0.4, 0.5) is 17.1 Å². The van der Waals surface area contributed by atoms with Gasteiger partial charge < -0.3 is 9.47 Å². The van der Waals surface area contributed by atoms with Crippen LogP contribution in [0.1, 0.15) is 44.0 Å². The molecule has 0 atom stereocenters. The van der Waals surface area contributed by atoms with Gasteiger partial charge in [0, 0.05) is 33.8 Å². The van der Waals surface area contributed by atoms with Gasteiger partial charge in [-0.05, 0) is 101 Å². The number of rotatable bonds is 5. The first-order valence-electron chi connectivity index (χ1n) is 14.9. The summed E-state index contributed by atoms with van der Waals surface area (Å²) in [5.74, 6) is 0. The van der Waals surface area contributed by atoms with E-state index in [1.165, 1.54) is 44.5 Å². The predicted octanol–water partition coefficient (Wildman–Crippen LogP) is 11.0. The zero-order valence-electron chi connectivity index (χ0n) is 24.6. The summed E-state index contributed by atoms with van der Waals surface area (Å²) in [7, 11) is 0. The molecule has 42 heavy (non-hydrogen) atoms. The Morgan fingerprint density at radius 2 is 1.17 bits per heavy atom. The highest BCUT2D eigenvalue weighted by Crippen LogP contribution is 2.38. The number of hydrogen-bond donors (Lipinski definition) is 0. The van der Waals surface area contributed by atoms with Crippen molar-refractivity contribution in [1.82, 2.24) is 4.57 Å². The van der Waals surface area contributed by atoms with Crippen molar-refractivity contribution in [1.29, 1.82) is 0 Å². The number of nitrogens with zero attached hydrogens (tertiary/aromatic N) is 2. The second kappa shape index (κ2) is 10.5. The predicted molar refractivity (Wildman–Crippen MR) is 179 cm³/mol. The van der Waals surface area contributed by atoms with E-state index in [0.717, 1.165) is 29.9 Å². The largest absolute Gasteiger partial charge is 0.311 e. The summed E-state index contributed by atoms with van der Waals surface area (Å²) in [5, 5.41) is 1.37. The summed E-state index contributed by atoms with van der Waals surface area (Å²) in [6.45, 7) is 6.77. The molecule has 0 unspecified atom stereocenters. The van der Waals surface area contributed by atoms with Crippen LogP contribution in [0.15, 0.2) is 133 Å². The molecule has 0 radical (unpaired) electrons. The van der Waals surface area contributed by atoms with E-state index in [9.17, 15) is 0 Å². The fourth-order valence-corrected chi connectivity index (χ4v) is 6.21. The first-order chi connectivity index (χ1) is 20.5. The van der Waals surface area contributed by atoms with E-state index < -0.39 is 0 Å². The zero-order chi connectivity index (χ0) is 28.7. The molecule has 0 amide bonds. The summed E-state index contributed by atoms with van der Waals surface area (Å²) in [6, 6.07) is 46.3. The Balaban J connectivity index is 1.21. The van der Waals surface area contributed by atoms with E-state index >= 15 is 0 Å². The van der Waals surface area contributed by atoms with E-state index in [4.69, 9.17) is 0 Å². The molecule has 0 spiro atoms. The van der Waals surface area contributed by atoms with E-state index in [1.54, 1.807) is 0 Å². The Kier molecular flexibility index (Phi) is 6.55. The maximum atomic E-state index is 2.41. The van der Waals surface area contributed by atoms with Crippen LogP contribution in [0.2, 0.25) is 0 Å². The molecule has 0 saturated carbocycles. The highest BCUT2D eigenvalue weighted by molar-refractivity contribution is 5.91. The molecule has 1 aliphatic carbocycles. The van der Waals surface area contributed by atoms with Gasteiger partial charge in [0.05, 0.1) is 5.52 Å². The molecule has 1 heterocycles. The number of benzene rings is 5. The summed E-state index contributed by atoms with van der Waals surface area (Å²) < 4.78 is 2.41. The molecule has 1 aromatic heterocycles. The van der Waals surface area contributed by atoms with E-state index in [2.05, 4.69) is 170 Å². The van der Waals surface area contributed by atoms with Crippen LogP contribution in [0, 0.1) is 0 Å². The maximum absolute atomic E-state index is 2.41. The minimum Gasteiger partial charge on any atom is -0.311 e. The smallest absolute Gasteiger partial charge is 0.0537 e. The first kappa shape index (κ1) is 26.1. The third-order valence-electron chi connectivity index (χ3n) is 8.45. The minimum absolute atomic E-state index is 0.123. The van der Waals surface area contributed by atoms with E-state index in [1.807, 2.05) is 0 Å². The molecule has 206 valence electrons. The summed E-state index contributed by atoms with van der Waals surface area (Å²) >= 11 is 0. The average Bonchev–Trinajstić information content (AvgIpc) is 3.37. The molecule has 0 saturated heterocycles. The fraction of sp³-hybridized carbons (Fsp3) is 0.150. The van der Waals surface area contributed by atoms with Crippen molar-refractivity contribution in [3.63, 3.8) is 0 Å². The molecule has 0 bridgehead atoms. The Hall–Kier alpha value is -4.82. The maximum Gasteiger partial charge on any atom is 0.0537 e. The fourth-order valence-electron chi connectivity index (χ4n) is 6.21. The van der Waals surface area contributed by atoms with Crippen molar-refractivity contribution < 1.29 is 0 Å². The van der Waals surface area contributed by atoms with Crippen LogP contribution in [0.3, 0.4) is 0 Å².